The highest BCUT2D eigenvalue weighted by molar-refractivity contribution is 7.89. The average molecular weight is 332 g/mol. The lowest BCUT2D eigenvalue weighted by atomic mass is 10.1. The van der Waals surface area contributed by atoms with Gasteiger partial charge in [0, 0.05) is 20.0 Å². The van der Waals surface area contributed by atoms with Crippen LogP contribution in [0, 0.1) is 5.92 Å². The quantitative estimate of drug-likeness (QED) is 0.814. The number of hydrogen-bond acceptors (Lipinski definition) is 5. The Morgan fingerprint density at radius 3 is 2.86 bits per heavy atom. The van der Waals surface area contributed by atoms with E-state index >= 15 is 0 Å². The van der Waals surface area contributed by atoms with Crippen molar-refractivity contribution in [3.63, 3.8) is 0 Å². The Morgan fingerprint density at radius 1 is 1.48 bits per heavy atom. The predicted molar refractivity (Wildman–Crippen MR) is 81.7 cm³/mol. The minimum Gasteiger partial charge on any atom is -0.379 e. The van der Waals surface area contributed by atoms with Gasteiger partial charge in [-0.15, -0.1) is 0 Å². The Labute approximate surface area is 129 Å². The van der Waals surface area contributed by atoms with Crippen molar-refractivity contribution in [2.45, 2.75) is 12.5 Å². The van der Waals surface area contributed by atoms with E-state index < -0.39 is 10.0 Å². The smallest absolute Gasteiger partial charge is 0.224 e. The molecule has 118 valence electrons. The lowest BCUT2D eigenvalue weighted by molar-refractivity contribution is -0.121. The number of thiophene rings is 1. The van der Waals surface area contributed by atoms with E-state index in [1.807, 2.05) is 16.8 Å². The maximum Gasteiger partial charge on any atom is 0.224 e. The van der Waals surface area contributed by atoms with Gasteiger partial charge in [0.05, 0.1) is 31.4 Å². The molecular formula is C13H20N2O4S2. The highest BCUT2D eigenvalue weighted by atomic mass is 32.2. The summed E-state index contributed by atoms with van der Waals surface area (Å²) in [5.41, 5.74) is 0.967. The molecule has 0 aliphatic carbocycles. The van der Waals surface area contributed by atoms with E-state index in [-0.39, 0.29) is 23.6 Å². The summed E-state index contributed by atoms with van der Waals surface area (Å²) in [7, 11) is -0.278. The summed E-state index contributed by atoms with van der Waals surface area (Å²) in [6.07, 6.45) is 0.313. The molecule has 0 radical (unpaired) electrons. The first-order chi connectivity index (χ1) is 9.88. The van der Waals surface area contributed by atoms with E-state index in [0.29, 0.717) is 19.6 Å². The number of rotatable bonds is 6. The highest BCUT2D eigenvalue weighted by Crippen LogP contribution is 2.17. The number of hydrogen-bond donors (Lipinski definition) is 1. The molecule has 0 aromatic carbocycles. The fourth-order valence-corrected chi connectivity index (χ4v) is 4.01. The van der Waals surface area contributed by atoms with Gasteiger partial charge in [-0.25, -0.2) is 12.7 Å². The van der Waals surface area contributed by atoms with E-state index in [0.717, 1.165) is 5.56 Å². The number of sulfonamides is 1. The number of ether oxygens (including phenoxy) is 1. The molecule has 1 amide bonds. The molecule has 1 N–H and O–H groups in total. The number of nitrogens with one attached hydrogen (secondary N) is 1. The van der Waals surface area contributed by atoms with Crippen LogP contribution in [0.1, 0.15) is 5.56 Å². The van der Waals surface area contributed by atoms with E-state index in [1.165, 1.54) is 18.4 Å². The Hall–Kier alpha value is -0.960. The zero-order valence-corrected chi connectivity index (χ0v) is 13.7. The molecule has 1 aromatic rings. The zero-order valence-electron chi connectivity index (χ0n) is 12.1. The second-order valence-electron chi connectivity index (χ2n) is 5.34. The van der Waals surface area contributed by atoms with Gasteiger partial charge in [-0.1, -0.05) is 0 Å². The Balaban J connectivity index is 1.91. The Bertz CT molecular complexity index is 569. The van der Waals surface area contributed by atoms with Crippen LogP contribution in [-0.4, -0.2) is 57.7 Å². The van der Waals surface area contributed by atoms with Crippen molar-refractivity contribution in [1.29, 1.82) is 0 Å². The molecule has 2 rings (SSSR count). The number of carbonyl (C=O) groups is 1. The number of amides is 1. The van der Waals surface area contributed by atoms with Crippen LogP contribution in [-0.2, 0) is 26.0 Å². The molecule has 0 unspecified atom stereocenters. The molecule has 1 saturated heterocycles. The van der Waals surface area contributed by atoms with Crippen LogP contribution in [0.5, 0.6) is 0 Å². The molecule has 8 heteroatoms. The Morgan fingerprint density at radius 2 is 2.24 bits per heavy atom. The first-order valence-electron chi connectivity index (χ1n) is 6.67. The molecule has 0 saturated carbocycles. The fraction of sp³-hybridized carbons (Fsp3) is 0.615. The molecule has 1 aromatic heterocycles. The van der Waals surface area contributed by atoms with Gasteiger partial charge in [-0.2, -0.15) is 11.3 Å². The zero-order chi connectivity index (χ0) is 15.5. The van der Waals surface area contributed by atoms with E-state index in [2.05, 4.69) is 5.32 Å². The summed E-state index contributed by atoms with van der Waals surface area (Å²) in [5.74, 6) is -0.316. The van der Waals surface area contributed by atoms with E-state index in [4.69, 9.17) is 4.74 Å². The minimum atomic E-state index is -3.30. The lowest BCUT2D eigenvalue weighted by Crippen LogP contribution is -2.44. The van der Waals surface area contributed by atoms with Gasteiger partial charge in [0.2, 0.25) is 15.9 Å². The van der Waals surface area contributed by atoms with Crippen molar-refractivity contribution in [2.75, 3.05) is 33.1 Å². The predicted octanol–water partition coefficient (Wildman–Crippen LogP) is 0.313. The van der Waals surface area contributed by atoms with Gasteiger partial charge in [-0.3, -0.25) is 4.79 Å². The van der Waals surface area contributed by atoms with Crippen molar-refractivity contribution >= 4 is 27.3 Å². The molecule has 1 aliphatic rings. The molecule has 6 nitrogen and oxygen atoms in total. The van der Waals surface area contributed by atoms with Crippen LogP contribution in [0.15, 0.2) is 16.8 Å². The van der Waals surface area contributed by atoms with Gasteiger partial charge in [0.25, 0.3) is 0 Å². The van der Waals surface area contributed by atoms with Gasteiger partial charge < -0.3 is 10.1 Å². The molecule has 2 heterocycles. The second kappa shape index (κ2) is 6.87. The average Bonchev–Trinajstić information content (AvgIpc) is 3.02. The van der Waals surface area contributed by atoms with Crippen LogP contribution in [0.3, 0.4) is 0 Å². The summed E-state index contributed by atoms with van der Waals surface area (Å²) in [5, 5.41) is 6.74. The SMILES string of the molecule is CN(C)S(=O)(=O)C[C@@H]1COC[C@@H]1NC(=O)Cc1ccsc1. The van der Waals surface area contributed by atoms with Gasteiger partial charge in [-0.05, 0) is 22.4 Å². The third kappa shape index (κ3) is 4.50. The molecule has 2 atom stereocenters. The summed E-state index contributed by atoms with van der Waals surface area (Å²) in [6, 6.07) is 1.66. The fourth-order valence-electron chi connectivity index (χ4n) is 2.18. The van der Waals surface area contributed by atoms with Crippen molar-refractivity contribution < 1.29 is 17.9 Å². The monoisotopic (exact) mass is 332 g/mol. The van der Waals surface area contributed by atoms with E-state index in [1.54, 1.807) is 11.3 Å². The second-order valence-corrected chi connectivity index (χ2v) is 8.35. The van der Waals surface area contributed by atoms with Crippen LogP contribution in [0.4, 0.5) is 0 Å². The summed E-state index contributed by atoms with van der Waals surface area (Å²) in [6.45, 7) is 0.722. The first kappa shape index (κ1) is 16.4. The molecule has 0 bridgehead atoms. The summed E-state index contributed by atoms with van der Waals surface area (Å²) in [4.78, 5) is 12.0. The molecular weight excluding hydrogens is 312 g/mol. The molecule has 21 heavy (non-hydrogen) atoms. The standard InChI is InChI=1S/C13H20N2O4S2/c1-15(2)21(17,18)9-11-6-19-7-12(11)14-13(16)5-10-3-4-20-8-10/h3-4,8,11-12H,5-7,9H2,1-2H3,(H,14,16)/t11-,12-/m0/s1. The summed E-state index contributed by atoms with van der Waals surface area (Å²) >= 11 is 1.55. The van der Waals surface area contributed by atoms with Crippen molar-refractivity contribution in [2.24, 2.45) is 5.92 Å². The van der Waals surface area contributed by atoms with Crippen LogP contribution >= 0.6 is 11.3 Å². The number of carbonyl (C=O) groups excluding carboxylic acids is 1. The van der Waals surface area contributed by atoms with Gasteiger partial charge >= 0.3 is 0 Å². The van der Waals surface area contributed by atoms with Gasteiger partial charge in [0.1, 0.15) is 0 Å². The van der Waals surface area contributed by atoms with E-state index in [9.17, 15) is 13.2 Å². The molecule has 0 spiro atoms. The lowest BCUT2D eigenvalue weighted by Gasteiger charge is -2.21. The molecule has 1 fully saturated rings. The van der Waals surface area contributed by atoms with Crippen LogP contribution in [0.25, 0.3) is 0 Å². The minimum absolute atomic E-state index is 0.0105. The topological polar surface area (TPSA) is 75.7 Å². The van der Waals surface area contributed by atoms with Crippen molar-refractivity contribution in [3.8, 4) is 0 Å². The first-order valence-corrected chi connectivity index (χ1v) is 9.22. The normalized spacial score (nSPS) is 22.6. The van der Waals surface area contributed by atoms with Crippen LogP contribution < -0.4 is 5.32 Å². The highest BCUT2D eigenvalue weighted by Gasteiger charge is 2.34. The van der Waals surface area contributed by atoms with Crippen molar-refractivity contribution in [1.82, 2.24) is 9.62 Å². The molecule has 1 aliphatic heterocycles. The van der Waals surface area contributed by atoms with Crippen molar-refractivity contribution in [3.05, 3.63) is 22.4 Å². The largest absolute Gasteiger partial charge is 0.379 e. The maximum atomic E-state index is 12.0. The summed E-state index contributed by atoms with van der Waals surface area (Å²) < 4.78 is 30.4. The number of nitrogens with zero attached hydrogens (tertiary/aromatic N) is 1. The maximum absolute atomic E-state index is 12.0. The third-order valence-electron chi connectivity index (χ3n) is 3.47. The van der Waals surface area contributed by atoms with Crippen LogP contribution in [0.2, 0.25) is 0 Å². The Kier molecular flexibility index (Phi) is 5.37. The third-order valence-corrected chi connectivity index (χ3v) is 6.16. The van der Waals surface area contributed by atoms with Gasteiger partial charge in [0.15, 0.2) is 0 Å².